The highest BCUT2D eigenvalue weighted by Crippen LogP contribution is 2.53. The Morgan fingerprint density at radius 3 is 2.11 bits per heavy atom. The number of hydrogen-bond donors (Lipinski definition) is 0. The Balaban J connectivity index is 1.52. The largest absolute Gasteiger partial charge is 0.480 e. The lowest BCUT2D eigenvalue weighted by molar-refractivity contribution is -0.260. The maximum atomic E-state index is 15.2. The maximum absolute atomic E-state index is 15.2. The zero-order valence-electron chi connectivity index (χ0n) is 18.5. The van der Waals surface area contributed by atoms with Crippen molar-refractivity contribution in [2.45, 2.75) is 23.9 Å². The number of carbonyl (C=O) groups is 1. The third-order valence-electron chi connectivity index (χ3n) is 6.14. The number of nitrogens with zero attached hydrogens (tertiary/aromatic N) is 1. The Kier molecular flexibility index (Phi) is 6.82. The van der Waals surface area contributed by atoms with Crippen LogP contribution in [0.3, 0.4) is 0 Å². The number of amides is 1. The minimum absolute atomic E-state index is 0.0751. The van der Waals surface area contributed by atoms with Crippen molar-refractivity contribution in [3.8, 4) is 0 Å². The van der Waals surface area contributed by atoms with Crippen LogP contribution >= 0.6 is 34.8 Å². The molecule has 0 saturated carbocycles. The van der Waals surface area contributed by atoms with Crippen molar-refractivity contribution >= 4 is 56.1 Å². The van der Waals surface area contributed by atoms with E-state index in [0.717, 1.165) is 29.6 Å². The van der Waals surface area contributed by atoms with Crippen LogP contribution in [0.1, 0.15) is 23.1 Å². The topological polar surface area (TPSA) is 63.7 Å². The highest BCUT2D eigenvalue weighted by Gasteiger charge is 2.60. The molecule has 2 aliphatic rings. The fourth-order valence-electron chi connectivity index (χ4n) is 4.20. The van der Waals surface area contributed by atoms with Gasteiger partial charge in [-0.3, -0.25) is 4.79 Å². The number of sulfone groups is 1. The normalized spacial score (nSPS) is 21.6. The summed E-state index contributed by atoms with van der Waals surface area (Å²) in [7, 11) is -3.54. The van der Waals surface area contributed by atoms with Crippen molar-refractivity contribution in [1.82, 2.24) is 4.90 Å². The third kappa shape index (κ3) is 4.92. The molecule has 0 aliphatic carbocycles. The van der Waals surface area contributed by atoms with E-state index in [2.05, 4.69) is 0 Å². The summed E-state index contributed by atoms with van der Waals surface area (Å²) in [6.45, 7) is -0.635. The van der Waals surface area contributed by atoms with Gasteiger partial charge in [-0.2, -0.15) is 13.2 Å². The molecule has 2 aliphatic heterocycles. The zero-order valence-corrected chi connectivity index (χ0v) is 21.6. The van der Waals surface area contributed by atoms with E-state index in [4.69, 9.17) is 39.5 Å². The minimum Gasteiger partial charge on any atom is -0.480 e. The summed E-state index contributed by atoms with van der Waals surface area (Å²) in [4.78, 5) is 13.1. The van der Waals surface area contributed by atoms with Crippen LogP contribution in [-0.4, -0.2) is 50.5 Å². The molecule has 2 heterocycles. The molecule has 0 spiro atoms. The third-order valence-corrected chi connectivity index (χ3v) is 8.11. The lowest BCUT2D eigenvalue weighted by Gasteiger charge is -2.44. The average molecular weight is 587 g/mol. The van der Waals surface area contributed by atoms with Gasteiger partial charge in [-0.15, -0.1) is 0 Å². The van der Waals surface area contributed by atoms with Gasteiger partial charge in [-0.05, 0) is 28.8 Å². The average Bonchev–Trinajstić information content (AvgIpc) is 3.21. The van der Waals surface area contributed by atoms with Gasteiger partial charge in [0.2, 0.25) is 11.5 Å². The molecule has 1 saturated heterocycles. The van der Waals surface area contributed by atoms with Crippen LogP contribution in [0.5, 0.6) is 0 Å². The molecule has 2 aromatic rings. The number of alkyl halides is 4. The Bertz CT molecular complexity index is 1330. The summed E-state index contributed by atoms with van der Waals surface area (Å²) in [6, 6.07) is 7.87. The van der Waals surface area contributed by atoms with E-state index in [9.17, 15) is 26.4 Å². The van der Waals surface area contributed by atoms with Crippen LogP contribution < -0.4 is 0 Å². The molecule has 1 fully saturated rings. The summed E-state index contributed by atoms with van der Waals surface area (Å²) in [6.07, 6.45) is -3.50. The molecule has 1 amide bonds. The van der Waals surface area contributed by atoms with Gasteiger partial charge >= 0.3 is 6.18 Å². The van der Waals surface area contributed by atoms with Crippen LogP contribution in [-0.2, 0) is 30.6 Å². The van der Waals surface area contributed by atoms with Crippen LogP contribution in [0.2, 0.25) is 15.1 Å². The predicted octanol–water partition coefficient (Wildman–Crippen LogP) is 5.92. The second-order valence-electron chi connectivity index (χ2n) is 8.88. The van der Waals surface area contributed by atoms with Gasteiger partial charge in [0.25, 0.3) is 0 Å². The molecule has 0 bridgehead atoms. The van der Waals surface area contributed by atoms with Crippen molar-refractivity contribution in [3.63, 3.8) is 0 Å². The lowest BCUT2D eigenvalue weighted by Crippen LogP contribution is -2.59. The first-order valence-electron chi connectivity index (χ1n) is 10.4. The summed E-state index contributed by atoms with van der Waals surface area (Å²) in [5.74, 6) is -1.40. The molecular formula is C23H18Cl3F4NO4S. The molecule has 1 atom stereocenters. The van der Waals surface area contributed by atoms with Crippen LogP contribution in [0.25, 0.3) is 5.57 Å². The van der Waals surface area contributed by atoms with Crippen molar-refractivity contribution in [3.05, 3.63) is 74.4 Å². The first kappa shape index (κ1) is 27.0. The number of halogens is 7. The highest BCUT2D eigenvalue weighted by atomic mass is 35.5. The monoisotopic (exact) mass is 585 g/mol. The number of likely N-dealkylation sites (tertiary alicyclic amines) is 1. The number of rotatable bonds is 5. The Hall–Kier alpha value is -2.01. The molecule has 36 heavy (non-hydrogen) atoms. The van der Waals surface area contributed by atoms with E-state index >= 15 is 4.39 Å². The smallest absolute Gasteiger partial charge is 0.432 e. The lowest BCUT2D eigenvalue weighted by atomic mass is 9.84. The molecule has 0 aromatic heterocycles. The molecule has 0 radical (unpaired) electrons. The van der Waals surface area contributed by atoms with Gasteiger partial charge in [0.1, 0.15) is 5.75 Å². The fraction of sp³-hybridized carbons (Fsp3) is 0.348. The van der Waals surface area contributed by atoms with Gasteiger partial charge in [-0.25, -0.2) is 12.8 Å². The zero-order chi connectivity index (χ0) is 26.7. The molecular weight excluding hydrogens is 569 g/mol. The molecule has 13 heteroatoms. The van der Waals surface area contributed by atoms with Gasteiger partial charge < -0.3 is 9.64 Å². The van der Waals surface area contributed by atoms with E-state index in [-0.39, 0.29) is 44.9 Å². The van der Waals surface area contributed by atoms with Gasteiger partial charge in [0, 0.05) is 18.2 Å². The van der Waals surface area contributed by atoms with Gasteiger partial charge in [-0.1, -0.05) is 59.1 Å². The quantitative estimate of drug-likeness (QED) is 0.323. The van der Waals surface area contributed by atoms with Crippen molar-refractivity contribution in [2.75, 3.05) is 25.1 Å². The molecule has 0 N–H and O–H groups in total. The second kappa shape index (κ2) is 9.08. The Labute approximate surface area is 219 Å². The first-order chi connectivity index (χ1) is 16.5. The number of benzene rings is 2. The minimum atomic E-state index is -4.83. The Morgan fingerprint density at radius 1 is 1.06 bits per heavy atom. The summed E-state index contributed by atoms with van der Waals surface area (Å²) in [5, 5.41) is -0.377. The SMILES string of the molecule is CS(=O)(=O)CC(=O)N1CC(F)(c2ccc(C3=COC(c4cc(Cl)c(Cl)c(Cl)c4)(C(F)(F)F)C3)cc2)C1. The standard InChI is InChI=1S/C23H18Cl3F4NO4S/c1-36(33,34)10-19(32)31-11-21(27,12-31)15-4-2-13(3-5-15)14-8-22(35-9-14,23(28,29)30)16-6-17(24)20(26)18(25)7-16/h2-7,9H,8,10-12H2,1H3. The van der Waals surface area contributed by atoms with Crippen LogP contribution in [0, 0.1) is 0 Å². The molecule has 194 valence electrons. The van der Waals surface area contributed by atoms with Crippen molar-refractivity contribution in [2.24, 2.45) is 0 Å². The summed E-state index contributed by atoms with van der Waals surface area (Å²) >= 11 is 17.8. The van der Waals surface area contributed by atoms with Gasteiger partial charge in [0.05, 0.1) is 34.4 Å². The number of carbonyl (C=O) groups excluding carboxylic acids is 1. The van der Waals surface area contributed by atoms with Crippen molar-refractivity contribution < 1.29 is 35.5 Å². The number of ether oxygens (including phenoxy) is 1. The van der Waals surface area contributed by atoms with Crippen LogP contribution in [0.4, 0.5) is 17.6 Å². The number of hydrogen-bond acceptors (Lipinski definition) is 4. The second-order valence-corrected chi connectivity index (χ2v) is 12.2. The van der Waals surface area contributed by atoms with Gasteiger partial charge in [0.15, 0.2) is 15.5 Å². The molecule has 2 aromatic carbocycles. The summed E-state index contributed by atoms with van der Waals surface area (Å²) < 4.78 is 85.7. The fourth-order valence-corrected chi connectivity index (χ4v) is 5.43. The van der Waals surface area contributed by atoms with E-state index in [0.29, 0.717) is 5.56 Å². The molecule has 5 nitrogen and oxygen atoms in total. The maximum Gasteiger partial charge on any atom is 0.432 e. The first-order valence-corrected chi connectivity index (χ1v) is 13.6. The van der Waals surface area contributed by atoms with E-state index in [1.165, 1.54) is 24.3 Å². The molecule has 4 rings (SSSR count). The van der Waals surface area contributed by atoms with Crippen LogP contribution in [0.15, 0.2) is 42.7 Å². The highest BCUT2D eigenvalue weighted by molar-refractivity contribution is 7.91. The van der Waals surface area contributed by atoms with E-state index in [1.807, 2.05) is 0 Å². The van der Waals surface area contributed by atoms with E-state index in [1.54, 1.807) is 0 Å². The Morgan fingerprint density at radius 2 is 1.61 bits per heavy atom. The summed E-state index contributed by atoms with van der Waals surface area (Å²) in [5.41, 5.74) is -4.13. The van der Waals surface area contributed by atoms with E-state index < -0.39 is 45.4 Å². The molecule has 1 unspecified atom stereocenters. The predicted molar refractivity (Wildman–Crippen MR) is 128 cm³/mol. The van der Waals surface area contributed by atoms with Crippen molar-refractivity contribution in [1.29, 1.82) is 0 Å².